The number of hydrogen-bond donors (Lipinski definition) is 3. The van der Waals surface area contributed by atoms with Gasteiger partial charge < -0.3 is 20.4 Å². The maximum absolute atomic E-state index is 10.6. The molecule has 2 heterocycles. The summed E-state index contributed by atoms with van der Waals surface area (Å²) in [5.41, 5.74) is 0.732. The number of nitrogens with one attached hydrogen (secondary N) is 1. The molecule has 6 nitrogen and oxygen atoms in total. The molecule has 1 fully saturated rings. The Kier molecular flexibility index (Phi) is 3.61. The number of carbonyl (C=O) groups is 1. The van der Waals surface area contributed by atoms with Gasteiger partial charge in [-0.15, -0.1) is 0 Å². The van der Waals surface area contributed by atoms with E-state index in [9.17, 15) is 9.90 Å². The maximum atomic E-state index is 10.6. The van der Waals surface area contributed by atoms with Gasteiger partial charge in [0.2, 0.25) is 0 Å². The lowest BCUT2D eigenvalue weighted by Crippen LogP contribution is -2.36. The second kappa shape index (κ2) is 5.05. The van der Waals surface area contributed by atoms with Crippen LogP contribution in [0.15, 0.2) is 18.5 Å². The van der Waals surface area contributed by atoms with Crippen molar-refractivity contribution in [3.8, 4) is 0 Å². The number of nitrogens with zero attached hydrogens (tertiary/aromatic N) is 2. The van der Waals surface area contributed by atoms with E-state index in [4.69, 9.17) is 5.11 Å². The third kappa shape index (κ3) is 3.35. The number of aromatic nitrogens is 1. The van der Waals surface area contributed by atoms with Crippen LogP contribution in [0.2, 0.25) is 0 Å². The van der Waals surface area contributed by atoms with Crippen LogP contribution in [0.1, 0.15) is 25.8 Å². The lowest BCUT2D eigenvalue weighted by Gasteiger charge is -2.22. The Hall–Kier alpha value is -1.82. The molecule has 104 valence electrons. The molecule has 1 aromatic heterocycles. The van der Waals surface area contributed by atoms with Crippen molar-refractivity contribution >= 4 is 11.8 Å². The van der Waals surface area contributed by atoms with Gasteiger partial charge in [0.1, 0.15) is 0 Å². The van der Waals surface area contributed by atoms with E-state index in [0.29, 0.717) is 6.54 Å². The third-order valence-electron chi connectivity index (χ3n) is 3.31. The first-order valence-corrected chi connectivity index (χ1v) is 6.28. The minimum absolute atomic E-state index is 0.0525. The summed E-state index contributed by atoms with van der Waals surface area (Å²) in [5.74, 6) is 0. The molecular formula is C13H19N3O3. The minimum Gasteiger partial charge on any atom is -0.465 e. The maximum Gasteiger partial charge on any atom is 0.404 e. The Morgan fingerprint density at radius 1 is 1.53 bits per heavy atom. The molecule has 19 heavy (non-hydrogen) atoms. The summed E-state index contributed by atoms with van der Waals surface area (Å²) >= 11 is 0. The van der Waals surface area contributed by atoms with Gasteiger partial charge in [-0.05, 0) is 26.3 Å². The first kappa shape index (κ1) is 13.6. The van der Waals surface area contributed by atoms with E-state index in [1.165, 1.54) is 0 Å². The van der Waals surface area contributed by atoms with Crippen LogP contribution in [0.4, 0.5) is 10.5 Å². The average Bonchev–Trinajstić information content (AvgIpc) is 2.76. The molecule has 3 N–H and O–H groups in total. The van der Waals surface area contributed by atoms with Crippen LogP contribution in [-0.2, 0) is 5.60 Å². The number of anilines is 1. The summed E-state index contributed by atoms with van der Waals surface area (Å²) in [6, 6.07) is 1.85. The van der Waals surface area contributed by atoms with Crippen LogP contribution < -0.4 is 10.2 Å². The summed E-state index contributed by atoms with van der Waals surface area (Å²) in [7, 11) is 0. The van der Waals surface area contributed by atoms with Crippen LogP contribution in [0.25, 0.3) is 0 Å². The van der Waals surface area contributed by atoms with Crippen molar-refractivity contribution in [1.29, 1.82) is 0 Å². The van der Waals surface area contributed by atoms with E-state index >= 15 is 0 Å². The molecule has 1 aromatic rings. The predicted octanol–water partition coefficient (Wildman–Crippen LogP) is 1.16. The highest BCUT2D eigenvalue weighted by Crippen LogP contribution is 2.25. The fourth-order valence-corrected chi connectivity index (χ4v) is 2.22. The third-order valence-corrected chi connectivity index (χ3v) is 3.31. The zero-order chi connectivity index (χ0) is 14.0. The minimum atomic E-state index is -0.991. The van der Waals surface area contributed by atoms with Crippen LogP contribution in [-0.4, -0.2) is 40.4 Å². The first-order valence-electron chi connectivity index (χ1n) is 6.28. The summed E-state index contributed by atoms with van der Waals surface area (Å²) in [5, 5.41) is 21.2. The number of pyridine rings is 1. The van der Waals surface area contributed by atoms with Crippen molar-refractivity contribution in [3.63, 3.8) is 0 Å². The predicted molar refractivity (Wildman–Crippen MR) is 71.3 cm³/mol. The van der Waals surface area contributed by atoms with E-state index in [1.54, 1.807) is 26.2 Å². The fourth-order valence-electron chi connectivity index (χ4n) is 2.22. The number of amides is 1. The molecule has 1 aliphatic heterocycles. The normalized spacial score (nSPS) is 19.5. The van der Waals surface area contributed by atoms with E-state index in [-0.39, 0.29) is 6.04 Å². The smallest absolute Gasteiger partial charge is 0.404 e. The van der Waals surface area contributed by atoms with Gasteiger partial charge in [0.05, 0.1) is 23.5 Å². The van der Waals surface area contributed by atoms with Gasteiger partial charge in [-0.2, -0.15) is 0 Å². The molecule has 1 saturated heterocycles. The van der Waals surface area contributed by atoms with Crippen LogP contribution in [0.5, 0.6) is 0 Å². The highest BCUT2D eigenvalue weighted by Gasteiger charge is 2.25. The van der Waals surface area contributed by atoms with Gasteiger partial charge in [-0.3, -0.25) is 4.98 Å². The highest BCUT2D eigenvalue weighted by atomic mass is 16.4. The van der Waals surface area contributed by atoms with Crippen LogP contribution in [0, 0.1) is 0 Å². The molecule has 0 spiro atoms. The quantitative estimate of drug-likeness (QED) is 0.763. The molecule has 6 heteroatoms. The topological polar surface area (TPSA) is 85.7 Å². The number of rotatable bonds is 3. The highest BCUT2D eigenvalue weighted by molar-refractivity contribution is 5.65. The Balaban J connectivity index is 2.09. The molecule has 0 radical (unpaired) electrons. The summed E-state index contributed by atoms with van der Waals surface area (Å²) in [6.07, 6.45) is 3.17. The van der Waals surface area contributed by atoms with Crippen LogP contribution >= 0.6 is 0 Å². The second-order valence-electron chi connectivity index (χ2n) is 5.37. The van der Waals surface area contributed by atoms with Gasteiger partial charge >= 0.3 is 6.09 Å². The van der Waals surface area contributed by atoms with Gasteiger partial charge in [0.15, 0.2) is 0 Å². The van der Waals surface area contributed by atoms with Crippen molar-refractivity contribution in [2.45, 2.75) is 31.9 Å². The largest absolute Gasteiger partial charge is 0.465 e. The molecule has 0 aromatic carbocycles. The van der Waals surface area contributed by atoms with Crippen molar-refractivity contribution in [2.75, 3.05) is 18.0 Å². The van der Waals surface area contributed by atoms with E-state index in [0.717, 1.165) is 24.2 Å². The summed E-state index contributed by atoms with van der Waals surface area (Å²) < 4.78 is 0. The Labute approximate surface area is 112 Å². The molecule has 2 rings (SSSR count). The van der Waals surface area contributed by atoms with Gasteiger partial charge in [-0.1, -0.05) is 0 Å². The average molecular weight is 265 g/mol. The fraction of sp³-hybridized carbons (Fsp3) is 0.538. The lowest BCUT2D eigenvalue weighted by atomic mass is 10.0. The zero-order valence-corrected chi connectivity index (χ0v) is 11.1. The monoisotopic (exact) mass is 265 g/mol. The molecular weight excluding hydrogens is 246 g/mol. The van der Waals surface area contributed by atoms with E-state index in [2.05, 4.69) is 15.2 Å². The molecule has 0 bridgehead atoms. The van der Waals surface area contributed by atoms with E-state index in [1.807, 2.05) is 6.07 Å². The van der Waals surface area contributed by atoms with Gasteiger partial charge in [-0.25, -0.2) is 4.79 Å². The zero-order valence-electron chi connectivity index (χ0n) is 11.1. The number of aliphatic hydroxyl groups is 1. The Morgan fingerprint density at radius 2 is 2.26 bits per heavy atom. The molecule has 1 atom stereocenters. The lowest BCUT2D eigenvalue weighted by molar-refractivity contribution is 0.0782. The Morgan fingerprint density at radius 3 is 2.89 bits per heavy atom. The van der Waals surface area contributed by atoms with Crippen LogP contribution in [0.3, 0.4) is 0 Å². The number of carboxylic acid groups (broad SMARTS) is 1. The first-order chi connectivity index (χ1) is 8.86. The van der Waals surface area contributed by atoms with Crippen molar-refractivity contribution in [3.05, 3.63) is 24.0 Å². The van der Waals surface area contributed by atoms with Crippen molar-refractivity contribution in [1.82, 2.24) is 10.3 Å². The SMILES string of the molecule is CC(C)(O)c1cncc(N2CC[C@@H](NC(=O)O)C2)c1. The summed E-state index contributed by atoms with van der Waals surface area (Å²) in [4.78, 5) is 16.8. The van der Waals surface area contributed by atoms with Gasteiger partial charge in [0.25, 0.3) is 0 Å². The second-order valence-corrected chi connectivity index (χ2v) is 5.37. The Bertz CT molecular complexity index is 470. The standard InChI is InChI=1S/C13H19N3O3/c1-13(2,19)9-5-11(7-14-6-9)16-4-3-10(8-16)15-12(17)18/h5-7,10,15,19H,3-4,8H2,1-2H3,(H,17,18)/t10-/m1/s1. The summed E-state index contributed by atoms with van der Waals surface area (Å²) in [6.45, 7) is 4.84. The molecule has 0 saturated carbocycles. The van der Waals surface area contributed by atoms with Crippen molar-refractivity contribution in [2.24, 2.45) is 0 Å². The van der Waals surface area contributed by atoms with Gasteiger partial charge in [0, 0.05) is 24.8 Å². The molecule has 0 unspecified atom stereocenters. The van der Waals surface area contributed by atoms with E-state index < -0.39 is 11.7 Å². The number of hydrogen-bond acceptors (Lipinski definition) is 4. The molecule has 1 aliphatic rings. The van der Waals surface area contributed by atoms with Crippen molar-refractivity contribution < 1.29 is 15.0 Å². The molecule has 0 aliphatic carbocycles. The molecule has 1 amide bonds.